The Morgan fingerprint density at radius 2 is 1.76 bits per heavy atom. The summed E-state index contributed by atoms with van der Waals surface area (Å²) < 4.78 is 0. The number of hydrogen-bond donors (Lipinski definition) is 3. The molecule has 0 atom stereocenters. The van der Waals surface area contributed by atoms with Crippen LogP contribution in [0.15, 0.2) is 24.3 Å². The van der Waals surface area contributed by atoms with E-state index < -0.39 is 0 Å². The molecule has 0 saturated heterocycles. The standard InChI is InChI=1S/C15H19N3O3/c1-10(19)16-8-11-2-4-12(5-3-11)15(21)17-9-14(20)18-13-6-7-13/h2-5,13H,6-9H2,1H3,(H,16,19)(H,17,21)(H,18,20). The molecule has 1 aromatic rings. The van der Waals surface area contributed by atoms with Gasteiger partial charge in [-0.25, -0.2) is 0 Å². The third-order valence-corrected chi connectivity index (χ3v) is 3.11. The summed E-state index contributed by atoms with van der Waals surface area (Å²) in [4.78, 5) is 34.1. The highest BCUT2D eigenvalue weighted by Gasteiger charge is 2.23. The van der Waals surface area contributed by atoms with Crippen LogP contribution >= 0.6 is 0 Å². The zero-order chi connectivity index (χ0) is 15.2. The second-order valence-electron chi connectivity index (χ2n) is 5.13. The van der Waals surface area contributed by atoms with E-state index >= 15 is 0 Å². The Bertz CT molecular complexity index is 536. The van der Waals surface area contributed by atoms with Gasteiger partial charge in [-0.1, -0.05) is 12.1 Å². The minimum Gasteiger partial charge on any atom is -0.352 e. The van der Waals surface area contributed by atoms with Crippen LogP contribution in [0, 0.1) is 0 Å². The van der Waals surface area contributed by atoms with E-state index in [2.05, 4.69) is 16.0 Å². The van der Waals surface area contributed by atoms with Gasteiger partial charge in [-0.3, -0.25) is 14.4 Å². The summed E-state index contributed by atoms with van der Waals surface area (Å²) in [6, 6.07) is 7.18. The van der Waals surface area contributed by atoms with Gasteiger partial charge in [0, 0.05) is 25.1 Å². The van der Waals surface area contributed by atoms with E-state index in [0.29, 0.717) is 18.2 Å². The van der Waals surface area contributed by atoms with Gasteiger partial charge in [0.25, 0.3) is 5.91 Å². The van der Waals surface area contributed by atoms with Crippen LogP contribution in [0.3, 0.4) is 0 Å². The number of carbonyl (C=O) groups is 3. The van der Waals surface area contributed by atoms with E-state index in [0.717, 1.165) is 18.4 Å². The molecule has 0 aliphatic heterocycles. The van der Waals surface area contributed by atoms with Crippen LogP contribution in [0.5, 0.6) is 0 Å². The highest BCUT2D eigenvalue weighted by atomic mass is 16.2. The summed E-state index contributed by atoms with van der Waals surface area (Å²) in [7, 11) is 0. The molecule has 1 saturated carbocycles. The van der Waals surface area contributed by atoms with Crippen LogP contribution in [0.1, 0.15) is 35.7 Å². The van der Waals surface area contributed by atoms with Crippen LogP contribution in [0.25, 0.3) is 0 Å². The lowest BCUT2D eigenvalue weighted by molar-refractivity contribution is -0.120. The van der Waals surface area contributed by atoms with Gasteiger partial charge in [-0.05, 0) is 30.5 Å². The molecule has 0 unspecified atom stereocenters. The fraction of sp³-hybridized carbons (Fsp3) is 0.400. The van der Waals surface area contributed by atoms with E-state index in [1.165, 1.54) is 6.92 Å². The van der Waals surface area contributed by atoms with Crippen molar-refractivity contribution in [1.29, 1.82) is 0 Å². The Balaban J connectivity index is 1.78. The highest BCUT2D eigenvalue weighted by molar-refractivity contribution is 5.96. The Morgan fingerprint density at radius 3 is 2.33 bits per heavy atom. The van der Waals surface area contributed by atoms with Gasteiger partial charge in [0.1, 0.15) is 0 Å². The van der Waals surface area contributed by atoms with E-state index in [9.17, 15) is 14.4 Å². The first kappa shape index (κ1) is 15.0. The average Bonchev–Trinajstić information content (AvgIpc) is 3.27. The van der Waals surface area contributed by atoms with Crippen LogP contribution in [-0.2, 0) is 16.1 Å². The third-order valence-electron chi connectivity index (χ3n) is 3.11. The Hall–Kier alpha value is -2.37. The number of benzene rings is 1. The first-order chi connectivity index (χ1) is 10.0. The topological polar surface area (TPSA) is 87.3 Å². The van der Waals surface area contributed by atoms with Crippen molar-refractivity contribution in [3.63, 3.8) is 0 Å². The zero-order valence-corrected chi connectivity index (χ0v) is 11.9. The van der Waals surface area contributed by atoms with Crippen molar-refractivity contribution in [1.82, 2.24) is 16.0 Å². The highest BCUT2D eigenvalue weighted by Crippen LogP contribution is 2.18. The van der Waals surface area contributed by atoms with Crippen molar-refractivity contribution >= 4 is 17.7 Å². The van der Waals surface area contributed by atoms with Crippen molar-refractivity contribution in [2.75, 3.05) is 6.54 Å². The fourth-order valence-corrected chi connectivity index (χ4v) is 1.77. The fourth-order valence-electron chi connectivity index (χ4n) is 1.77. The summed E-state index contributed by atoms with van der Waals surface area (Å²) in [5, 5.41) is 8.07. The van der Waals surface area contributed by atoms with Gasteiger partial charge in [0.05, 0.1) is 6.54 Å². The van der Waals surface area contributed by atoms with Crippen molar-refractivity contribution in [2.24, 2.45) is 0 Å². The van der Waals surface area contributed by atoms with E-state index in [1.807, 2.05) is 0 Å². The van der Waals surface area contributed by atoms with Crippen LogP contribution in [0.4, 0.5) is 0 Å². The Labute approximate surface area is 123 Å². The maximum atomic E-state index is 11.9. The predicted molar refractivity (Wildman–Crippen MR) is 77.5 cm³/mol. The van der Waals surface area contributed by atoms with E-state index in [4.69, 9.17) is 0 Å². The molecule has 6 heteroatoms. The molecule has 2 rings (SSSR count). The minimum absolute atomic E-state index is 0.0109. The quantitative estimate of drug-likeness (QED) is 0.705. The van der Waals surface area contributed by atoms with Gasteiger partial charge in [0.15, 0.2) is 0 Å². The van der Waals surface area contributed by atoms with Crippen molar-refractivity contribution < 1.29 is 14.4 Å². The molecule has 112 valence electrons. The van der Waals surface area contributed by atoms with Gasteiger partial charge in [0.2, 0.25) is 11.8 Å². The Kier molecular flexibility index (Phi) is 4.92. The second kappa shape index (κ2) is 6.88. The average molecular weight is 289 g/mol. The molecular formula is C15H19N3O3. The molecule has 3 amide bonds. The number of amides is 3. The maximum Gasteiger partial charge on any atom is 0.251 e. The predicted octanol–water partition coefficient (Wildman–Crippen LogP) is 0.331. The van der Waals surface area contributed by atoms with E-state index in [-0.39, 0.29) is 24.3 Å². The lowest BCUT2D eigenvalue weighted by Gasteiger charge is -2.07. The smallest absolute Gasteiger partial charge is 0.251 e. The molecular weight excluding hydrogens is 270 g/mol. The minimum atomic E-state index is -0.285. The summed E-state index contributed by atoms with van der Waals surface area (Å²) in [6.45, 7) is 1.87. The molecule has 1 aliphatic rings. The van der Waals surface area contributed by atoms with Gasteiger partial charge < -0.3 is 16.0 Å². The van der Waals surface area contributed by atoms with Gasteiger partial charge in [-0.15, -0.1) is 0 Å². The molecule has 0 bridgehead atoms. The first-order valence-electron chi connectivity index (χ1n) is 6.95. The Morgan fingerprint density at radius 1 is 1.10 bits per heavy atom. The molecule has 0 radical (unpaired) electrons. The molecule has 0 heterocycles. The third kappa shape index (κ3) is 5.25. The maximum absolute atomic E-state index is 11.9. The second-order valence-corrected chi connectivity index (χ2v) is 5.13. The van der Waals surface area contributed by atoms with Crippen LogP contribution in [-0.4, -0.2) is 30.3 Å². The summed E-state index contributed by atoms with van der Waals surface area (Å²) >= 11 is 0. The van der Waals surface area contributed by atoms with Gasteiger partial charge >= 0.3 is 0 Å². The van der Waals surface area contributed by atoms with Gasteiger partial charge in [-0.2, -0.15) is 0 Å². The lowest BCUT2D eigenvalue weighted by Crippen LogP contribution is -2.37. The molecule has 6 nitrogen and oxygen atoms in total. The molecule has 1 aliphatic carbocycles. The molecule has 21 heavy (non-hydrogen) atoms. The van der Waals surface area contributed by atoms with E-state index in [1.54, 1.807) is 24.3 Å². The molecule has 3 N–H and O–H groups in total. The summed E-state index contributed by atoms with van der Waals surface area (Å²) in [6.07, 6.45) is 2.05. The van der Waals surface area contributed by atoms with Crippen molar-refractivity contribution in [3.05, 3.63) is 35.4 Å². The zero-order valence-electron chi connectivity index (χ0n) is 11.9. The molecule has 1 aromatic carbocycles. The van der Waals surface area contributed by atoms with Crippen LogP contribution in [0.2, 0.25) is 0 Å². The number of carbonyl (C=O) groups excluding carboxylic acids is 3. The normalized spacial score (nSPS) is 13.4. The van der Waals surface area contributed by atoms with Crippen molar-refractivity contribution in [2.45, 2.75) is 32.4 Å². The monoisotopic (exact) mass is 289 g/mol. The number of rotatable bonds is 6. The number of nitrogens with one attached hydrogen (secondary N) is 3. The van der Waals surface area contributed by atoms with Crippen molar-refractivity contribution in [3.8, 4) is 0 Å². The molecule has 0 spiro atoms. The SMILES string of the molecule is CC(=O)NCc1ccc(C(=O)NCC(=O)NC2CC2)cc1. The molecule has 1 fully saturated rings. The largest absolute Gasteiger partial charge is 0.352 e. The molecule has 0 aromatic heterocycles. The lowest BCUT2D eigenvalue weighted by atomic mass is 10.1. The van der Waals surface area contributed by atoms with Crippen LogP contribution < -0.4 is 16.0 Å². The number of hydrogen-bond acceptors (Lipinski definition) is 3. The first-order valence-corrected chi connectivity index (χ1v) is 6.95. The summed E-state index contributed by atoms with van der Waals surface area (Å²) in [5.74, 6) is -0.543. The summed E-state index contributed by atoms with van der Waals surface area (Å²) in [5.41, 5.74) is 1.40.